The largest absolute Gasteiger partial charge is 0.507 e. The molecule has 0 aliphatic carbocycles. The molecule has 0 unspecified atom stereocenters. The summed E-state index contributed by atoms with van der Waals surface area (Å²) in [5.41, 5.74) is 3.03. The van der Waals surface area contributed by atoms with Crippen molar-refractivity contribution in [2.24, 2.45) is 0 Å². The van der Waals surface area contributed by atoms with Gasteiger partial charge in [-0.15, -0.1) is 0 Å². The van der Waals surface area contributed by atoms with Gasteiger partial charge in [0, 0.05) is 11.1 Å². The lowest BCUT2D eigenvalue weighted by molar-refractivity contribution is 0.448. The van der Waals surface area contributed by atoms with Crippen LogP contribution in [0.2, 0.25) is 0 Å². The van der Waals surface area contributed by atoms with Gasteiger partial charge in [-0.25, -0.2) is 0 Å². The molecule has 2 heteroatoms. The summed E-state index contributed by atoms with van der Waals surface area (Å²) >= 11 is 0. The Morgan fingerprint density at radius 1 is 0.800 bits per heavy atom. The fraction of sp³-hybridized carbons (Fsp3) is 0.556. The van der Waals surface area contributed by atoms with Crippen LogP contribution in [0.25, 0.3) is 6.08 Å². The molecule has 112 valence electrons. The summed E-state index contributed by atoms with van der Waals surface area (Å²) < 4.78 is 0. The molecule has 0 heterocycles. The van der Waals surface area contributed by atoms with Crippen LogP contribution in [0.3, 0.4) is 0 Å². The molecule has 20 heavy (non-hydrogen) atoms. The van der Waals surface area contributed by atoms with Crippen LogP contribution in [0, 0.1) is 20.8 Å². The van der Waals surface area contributed by atoms with E-state index >= 15 is 0 Å². The van der Waals surface area contributed by atoms with E-state index in [0.29, 0.717) is 11.5 Å². The van der Waals surface area contributed by atoms with E-state index in [2.05, 4.69) is 13.0 Å². The third-order valence-electron chi connectivity index (χ3n) is 4.05. The zero-order valence-corrected chi connectivity index (χ0v) is 13.3. The zero-order chi connectivity index (χ0) is 15.1. The maximum absolute atomic E-state index is 10.2. The van der Waals surface area contributed by atoms with Crippen molar-refractivity contribution in [2.75, 3.05) is 0 Å². The summed E-state index contributed by atoms with van der Waals surface area (Å²) in [6.45, 7) is 7.74. The van der Waals surface area contributed by atoms with Gasteiger partial charge in [-0.05, 0) is 44.7 Å². The Morgan fingerprint density at radius 3 is 2.05 bits per heavy atom. The number of phenols is 2. The smallest absolute Gasteiger partial charge is 0.126 e. The minimum Gasteiger partial charge on any atom is -0.507 e. The molecular formula is C18H28O2. The predicted octanol–water partition coefficient (Wildman–Crippen LogP) is 5.40. The summed E-state index contributed by atoms with van der Waals surface area (Å²) in [5.74, 6) is 0.586. The number of hydrogen-bond donors (Lipinski definition) is 2. The molecular weight excluding hydrogens is 248 g/mol. The molecule has 0 aromatic heterocycles. The van der Waals surface area contributed by atoms with E-state index in [1.54, 1.807) is 0 Å². The molecule has 1 rings (SSSR count). The van der Waals surface area contributed by atoms with E-state index in [1.165, 1.54) is 32.1 Å². The van der Waals surface area contributed by atoms with Crippen molar-refractivity contribution >= 4 is 6.08 Å². The lowest BCUT2D eigenvalue weighted by Crippen LogP contribution is -1.92. The molecule has 0 aliphatic rings. The van der Waals surface area contributed by atoms with Gasteiger partial charge < -0.3 is 10.2 Å². The minimum atomic E-state index is 0.292. The number of unbranched alkanes of at least 4 members (excludes halogenated alkanes) is 5. The normalized spacial score (nSPS) is 11.4. The molecule has 0 aliphatic heterocycles. The van der Waals surface area contributed by atoms with Crippen molar-refractivity contribution in [3.05, 3.63) is 28.3 Å². The molecule has 0 atom stereocenters. The molecule has 0 bridgehead atoms. The maximum atomic E-state index is 10.2. The van der Waals surface area contributed by atoms with Crippen molar-refractivity contribution in [3.63, 3.8) is 0 Å². The molecule has 0 fully saturated rings. The third-order valence-corrected chi connectivity index (χ3v) is 4.05. The highest BCUT2D eigenvalue weighted by Gasteiger charge is 2.14. The molecule has 1 aromatic carbocycles. The number of aromatic hydroxyl groups is 2. The van der Waals surface area contributed by atoms with Crippen LogP contribution in [0.5, 0.6) is 11.5 Å². The minimum absolute atomic E-state index is 0.292. The molecule has 0 radical (unpaired) electrons. The summed E-state index contributed by atoms with van der Waals surface area (Å²) in [7, 11) is 0. The van der Waals surface area contributed by atoms with E-state index in [9.17, 15) is 10.2 Å². The average Bonchev–Trinajstić information content (AvgIpc) is 2.45. The quantitative estimate of drug-likeness (QED) is 0.517. The van der Waals surface area contributed by atoms with Crippen molar-refractivity contribution in [2.45, 2.75) is 66.2 Å². The Morgan fingerprint density at radius 2 is 1.40 bits per heavy atom. The second-order valence-electron chi connectivity index (χ2n) is 5.59. The number of allylic oxidation sites excluding steroid dienone is 1. The van der Waals surface area contributed by atoms with Gasteiger partial charge in [-0.1, -0.05) is 44.8 Å². The summed E-state index contributed by atoms with van der Waals surface area (Å²) in [4.78, 5) is 0. The van der Waals surface area contributed by atoms with Gasteiger partial charge in [0.15, 0.2) is 0 Å². The lowest BCUT2D eigenvalue weighted by atomic mass is 9.97. The van der Waals surface area contributed by atoms with Gasteiger partial charge in [0.05, 0.1) is 0 Å². The third kappa shape index (κ3) is 4.03. The van der Waals surface area contributed by atoms with E-state index in [0.717, 1.165) is 28.7 Å². The number of rotatable bonds is 7. The van der Waals surface area contributed by atoms with E-state index in [-0.39, 0.29) is 0 Å². The molecule has 0 amide bonds. The van der Waals surface area contributed by atoms with Crippen LogP contribution >= 0.6 is 0 Å². The highest BCUT2D eigenvalue weighted by molar-refractivity contribution is 5.68. The Kier molecular flexibility index (Phi) is 6.63. The second-order valence-corrected chi connectivity index (χ2v) is 5.59. The SMILES string of the molecule is CCCCCCC/C=C\c1c(C)c(O)c(C)c(C)c1O. The van der Waals surface area contributed by atoms with Gasteiger partial charge in [0.1, 0.15) is 11.5 Å². The summed E-state index contributed by atoms with van der Waals surface area (Å²) in [6, 6.07) is 0. The van der Waals surface area contributed by atoms with Gasteiger partial charge in [0.25, 0.3) is 0 Å². The number of hydrogen-bond acceptors (Lipinski definition) is 2. The van der Waals surface area contributed by atoms with Crippen molar-refractivity contribution < 1.29 is 10.2 Å². The van der Waals surface area contributed by atoms with Crippen LogP contribution in [-0.4, -0.2) is 10.2 Å². The van der Waals surface area contributed by atoms with Crippen molar-refractivity contribution in [1.29, 1.82) is 0 Å². The second kappa shape index (κ2) is 7.98. The first kappa shape index (κ1) is 16.6. The first-order chi connectivity index (χ1) is 9.50. The Hall–Kier alpha value is -1.44. The average molecular weight is 276 g/mol. The highest BCUT2D eigenvalue weighted by Crippen LogP contribution is 2.36. The fourth-order valence-corrected chi connectivity index (χ4v) is 2.41. The van der Waals surface area contributed by atoms with Crippen LogP contribution < -0.4 is 0 Å². The van der Waals surface area contributed by atoms with Crippen molar-refractivity contribution in [1.82, 2.24) is 0 Å². The Bertz CT molecular complexity index is 444. The lowest BCUT2D eigenvalue weighted by Gasteiger charge is -2.13. The monoisotopic (exact) mass is 276 g/mol. The van der Waals surface area contributed by atoms with Gasteiger partial charge >= 0.3 is 0 Å². The van der Waals surface area contributed by atoms with E-state index in [1.807, 2.05) is 26.8 Å². The zero-order valence-electron chi connectivity index (χ0n) is 13.3. The van der Waals surface area contributed by atoms with Crippen LogP contribution in [0.15, 0.2) is 6.08 Å². The van der Waals surface area contributed by atoms with Gasteiger partial charge in [0.2, 0.25) is 0 Å². The first-order valence-electron chi connectivity index (χ1n) is 7.68. The Labute approximate surface area is 123 Å². The molecule has 2 N–H and O–H groups in total. The number of phenolic OH excluding ortho intramolecular Hbond substituents is 2. The van der Waals surface area contributed by atoms with E-state index in [4.69, 9.17) is 0 Å². The molecule has 0 saturated carbocycles. The Balaban J connectivity index is 2.68. The highest BCUT2D eigenvalue weighted by atomic mass is 16.3. The summed E-state index contributed by atoms with van der Waals surface area (Å²) in [5, 5.41) is 20.2. The molecule has 1 aromatic rings. The van der Waals surface area contributed by atoms with Crippen molar-refractivity contribution in [3.8, 4) is 11.5 Å². The molecule has 0 saturated heterocycles. The van der Waals surface area contributed by atoms with Gasteiger partial charge in [-0.3, -0.25) is 0 Å². The van der Waals surface area contributed by atoms with Crippen LogP contribution in [0.1, 0.15) is 67.7 Å². The van der Waals surface area contributed by atoms with Crippen LogP contribution in [-0.2, 0) is 0 Å². The standard InChI is InChI=1S/C18H28O2/c1-5-6-7-8-9-10-11-12-16-15(4)17(19)13(2)14(3)18(16)20/h11-12,19-20H,5-10H2,1-4H3/b12-11-. The molecule has 0 spiro atoms. The molecule has 2 nitrogen and oxygen atoms in total. The topological polar surface area (TPSA) is 40.5 Å². The summed E-state index contributed by atoms with van der Waals surface area (Å²) in [6.07, 6.45) is 11.4. The van der Waals surface area contributed by atoms with E-state index < -0.39 is 0 Å². The first-order valence-corrected chi connectivity index (χ1v) is 7.68. The maximum Gasteiger partial charge on any atom is 0.126 e. The number of benzene rings is 1. The van der Waals surface area contributed by atoms with Gasteiger partial charge in [-0.2, -0.15) is 0 Å². The van der Waals surface area contributed by atoms with Crippen LogP contribution in [0.4, 0.5) is 0 Å². The predicted molar refractivity (Wildman–Crippen MR) is 86.4 cm³/mol. The fourth-order valence-electron chi connectivity index (χ4n) is 2.41.